The van der Waals surface area contributed by atoms with Crippen LogP contribution in [0.25, 0.3) is 0 Å². The van der Waals surface area contributed by atoms with Gasteiger partial charge in [-0.2, -0.15) is 0 Å². The fourth-order valence-electron chi connectivity index (χ4n) is 4.45. The number of hydrogen-bond acceptors (Lipinski definition) is 3. The van der Waals surface area contributed by atoms with E-state index in [9.17, 15) is 4.79 Å². The van der Waals surface area contributed by atoms with Crippen molar-refractivity contribution < 1.29 is 9.53 Å². The van der Waals surface area contributed by atoms with Gasteiger partial charge in [-0.3, -0.25) is 9.69 Å². The van der Waals surface area contributed by atoms with Crippen LogP contribution in [0, 0.1) is 12.8 Å². The number of piperidine rings is 3. The largest absolute Gasteiger partial charge is 0.460 e. The minimum atomic E-state index is -0.192. The Bertz CT molecular complexity index is 748. The number of benzene rings is 2. The van der Waals surface area contributed by atoms with Gasteiger partial charge in [0.05, 0.1) is 5.92 Å². The van der Waals surface area contributed by atoms with Gasteiger partial charge in [0.25, 0.3) is 0 Å². The zero-order valence-electron chi connectivity index (χ0n) is 16.1. The Morgan fingerprint density at radius 1 is 1.07 bits per heavy atom. The first kappa shape index (κ1) is 18.2. The summed E-state index contributed by atoms with van der Waals surface area (Å²) in [6.07, 6.45) is 4.07. The van der Waals surface area contributed by atoms with Gasteiger partial charge in [-0.1, -0.05) is 60.2 Å². The molecule has 0 aromatic heterocycles. The lowest BCUT2D eigenvalue weighted by atomic mass is 9.85. The minimum absolute atomic E-state index is 0.0490. The molecule has 2 aromatic rings. The van der Waals surface area contributed by atoms with Crippen LogP contribution in [0.2, 0.25) is 0 Å². The Kier molecular flexibility index (Phi) is 5.58. The van der Waals surface area contributed by atoms with Gasteiger partial charge >= 0.3 is 5.97 Å². The molecule has 0 amide bonds. The van der Waals surface area contributed by atoms with Crippen molar-refractivity contribution >= 4 is 5.97 Å². The molecule has 0 aliphatic carbocycles. The van der Waals surface area contributed by atoms with E-state index in [0.717, 1.165) is 50.9 Å². The van der Waals surface area contributed by atoms with E-state index in [4.69, 9.17) is 4.74 Å². The smallest absolute Gasteiger partial charge is 0.313 e. The first-order valence-electron chi connectivity index (χ1n) is 10.2. The van der Waals surface area contributed by atoms with Gasteiger partial charge in [0.2, 0.25) is 0 Å². The SMILES string of the molecule is Cc1ccc(CCC(C(=O)OC2CN3CCC2CC3)c2ccccc2)cc1. The number of carbonyl (C=O) groups excluding carboxylic acids is 1. The van der Waals surface area contributed by atoms with Crippen molar-refractivity contribution in [2.75, 3.05) is 19.6 Å². The standard InChI is InChI=1S/C24H29NO2/c1-18-7-9-19(10-8-18)11-12-22(20-5-3-2-4-6-20)24(26)27-23-17-25-15-13-21(23)14-16-25/h2-10,21-23H,11-17H2,1H3. The Hall–Kier alpha value is -2.13. The highest BCUT2D eigenvalue weighted by atomic mass is 16.5. The van der Waals surface area contributed by atoms with E-state index in [0.29, 0.717) is 5.92 Å². The molecule has 142 valence electrons. The van der Waals surface area contributed by atoms with Crippen molar-refractivity contribution in [2.24, 2.45) is 5.92 Å². The maximum atomic E-state index is 13.1. The van der Waals surface area contributed by atoms with Crippen molar-refractivity contribution in [2.45, 2.75) is 44.6 Å². The summed E-state index contributed by atoms with van der Waals surface area (Å²) >= 11 is 0. The van der Waals surface area contributed by atoms with Gasteiger partial charge < -0.3 is 4.74 Å². The average molecular weight is 364 g/mol. The number of carbonyl (C=O) groups is 1. The van der Waals surface area contributed by atoms with Gasteiger partial charge in [0, 0.05) is 6.54 Å². The van der Waals surface area contributed by atoms with Crippen molar-refractivity contribution in [3.63, 3.8) is 0 Å². The molecular formula is C24H29NO2. The molecule has 5 rings (SSSR count). The van der Waals surface area contributed by atoms with Gasteiger partial charge in [-0.15, -0.1) is 0 Å². The number of hydrogen-bond donors (Lipinski definition) is 0. The molecule has 2 atom stereocenters. The lowest BCUT2D eigenvalue weighted by Gasteiger charge is -2.44. The molecule has 2 bridgehead atoms. The fraction of sp³-hybridized carbons (Fsp3) is 0.458. The number of rotatable bonds is 6. The summed E-state index contributed by atoms with van der Waals surface area (Å²) in [4.78, 5) is 15.6. The molecule has 27 heavy (non-hydrogen) atoms. The van der Waals surface area contributed by atoms with E-state index in [2.05, 4.69) is 48.2 Å². The van der Waals surface area contributed by atoms with Crippen molar-refractivity contribution in [3.05, 3.63) is 71.3 Å². The average Bonchev–Trinajstić information content (AvgIpc) is 2.71. The van der Waals surface area contributed by atoms with Crippen LogP contribution in [0.15, 0.2) is 54.6 Å². The third-order valence-corrected chi connectivity index (χ3v) is 6.19. The monoisotopic (exact) mass is 363 g/mol. The molecule has 3 nitrogen and oxygen atoms in total. The Balaban J connectivity index is 1.45. The maximum Gasteiger partial charge on any atom is 0.313 e. The molecule has 3 heteroatoms. The normalized spacial score (nSPS) is 25.1. The molecule has 2 unspecified atom stereocenters. The van der Waals surface area contributed by atoms with Crippen LogP contribution in [0.4, 0.5) is 0 Å². The van der Waals surface area contributed by atoms with Crippen LogP contribution < -0.4 is 0 Å². The Morgan fingerprint density at radius 2 is 1.78 bits per heavy atom. The third-order valence-electron chi connectivity index (χ3n) is 6.19. The molecule has 3 aliphatic rings. The molecule has 0 spiro atoms. The third kappa shape index (κ3) is 4.41. The van der Waals surface area contributed by atoms with E-state index in [1.165, 1.54) is 11.1 Å². The highest BCUT2D eigenvalue weighted by Gasteiger charge is 2.37. The summed E-state index contributed by atoms with van der Waals surface area (Å²) in [5, 5.41) is 0. The van der Waals surface area contributed by atoms with Crippen LogP contribution in [-0.4, -0.2) is 36.6 Å². The van der Waals surface area contributed by atoms with E-state index in [1.54, 1.807) is 0 Å². The van der Waals surface area contributed by atoms with E-state index >= 15 is 0 Å². The van der Waals surface area contributed by atoms with Gasteiger partial charge in [-0.25, -0.2) is 0 Å². The molecule has 2 aromatic carbocycles. The second kappa shape index (κ2) is 8.26. The summed E-state index contributed by atoms with van der Waals surface area (Å²) < 4.78 is 6.07. The summed E-state index contributed by atoms with van der Waals surface area (Å²) in [5.74, 6) is 0.308. The molecular weight excluding hydrogens is 334 g/mol. The van der Waals surface area contributed by atoms with Crippen LogP contribution in [0.3, 0.4) is 0 Å². The lowest BCUT2D eigenvalue weighted by molar-refractivity contribution is -0.160. The molecule has 0 N–H and O–H groups in total. The Labute approximate surface area is 162 Å². The first-order chi connectivity index (χ1) is 13.2. The topological polar surface area (TPSA) is 29.5 Å². The fourth-order valence-corrected chi connectivity index (χ4v) is 4.45. The molecule has 3 heterocycles. The highest BCUT2D eigenvalue weighted by molar-refractivity contribution is 5.78. The summed E-state index contributed by atoms with van der Waals surface area (Å²) in [6.45, 7) is 5.33. The summed E-state index contributed by atoms with van der Waals surface area (Å²) in [7, 11) is 0. The van der Waals surface area contributed by atoms with Gasteiger partial charge in [-0.05, 0) is 62.7 Å². The van der Waals surface area contributed by atoms with E-state index in [-0.39, 0.29) is 18.0 Å². The zero-order valence-corrected chi connectivity index (χ0v) is 16.1. The highest BCUT2D eigenvalue weighted by Crippen LogP contribution is 2.32. The minimum Gasteiger partial charge on any atom is -0.460 e. The number of ether oxygens (including phenoxy) is 1. The first-order valence-corrected chi connectivity index (χ1v) is 10.2. The zero-order chi connectivity index (χ0) is 18.6. The molecule has 3 saturated heterocycles. The van der Waals surface area contributed by atoms with Crippen LogP contribution in [0.1, 0.15) is 41.9 Å². The Morgan fingerprint density at radius 3 is 2.41 bits per heavy atom. The molecule has 0 radical (unpaired) electrons. The maximum absolute atomic E-state index is 13.1. The van der Waals surface area contributed by atoms with Crippen LogP contribution >= 0.6 is 0 Å². The molecule has 3 aliphatic heterocycles. The second-order valence-electron chi connectivity index (χ2n) is 8.10. The molecule has 3 fully saturated rings. The predicted molar refractivity (Wildman–Crippen MR) is 108 cm³/mol. The van der Waals surface area contributed by atoms with Crippen molar-refractivity contribution in [1.29, 1.82) is 0 Å². The van der Waals surface area contributed by atoms with Gasteiger partial charge in [0.1, 0.15) is 6.10 Å². The number of fused-ring (bicyclic) bond motifs is 3. The van der Waals surface area contributed by atoms with Crippen LogP contribution in [0.5, 0.6) is 0 Å². The summed E-state index contributed by atoms with van der Waals surface area (Å²) in [5.41, 5.74) is 3.60. The summed E-state index contributed by atoms with van der Waals surface area (Å²) in [6, 6.07) is 18.7. The second-order valence-corrected chi connectivity index (χ2v) is 8.10. The van der Waals surface area contributed by atoms with Crippen molar-refractivity contribution in [3.8, 4) is 0 Å². The molecule has 0 saturated carbocycles. The number of aryl methyl sites for hydroxylation is 2. The van der Waals surface area contributed by atoms with E-state index < -0.39 is 0 Å². The van der Waals surface area contributed by atoms with Gasteiger partial charge in [0.15, 0.2) is 0 Å². The number of nitrogens with zero attached hydrogens (tertiary/aromatic N) is 1. The quantitative estimate of drug-likeness (QED) is 0.715. The van der Waals surface area contributed by atoms with Crippen LogP contribution in [-0.2, 0) is 16.0 Å². The predicted octanol–water partition coefficient (Wildman–Crippen LogP) is 4.35. The van der Waals surface area contributed by atoms with Crippen molar-refractivity contribution in [1.82, 2.24) is 4.90 Å². The lowest BCUT2D eigenvalue weighted by Crippen LogP contribution is -2.52. The van der Waals surface area contributed by atoms with E-state index in [1.807, 2.05) is 18.2 Å². The number of esters is 1.